The summed E-state index contributed by atoms with van der Waals surface area (Å²) in [4.78, 5) is 14.2. The van der Waals surface area contributed by atoms with Crippen LogP contribution in [0.5, 0.6) is 0 Å². The van der Waals surface area contributed by atoms with E-state index in [1.54, 1.807) is 46.7 Å². The molecule has 1 aromatic heterocycles. The number of benzene rings is 2. The van der Waals surface area contributed by atoms with Gasteiger partial charge in [-0.3, -0.25) is 9.52 Å². The van der Waals surface area contributed by atoms with E-state index in [9.17, 15) is 13.2 Å². The molecule has 0 aliphatic carbocycles. The number of nitrogens with zero attached hydrogens (tertiary/aromatic N) is 1. The van der Waals surface area contributed by atoms with E-state index in [1.165, 1.54) is 0 Å². The number of sulfonamides is 1. The Hall–Kier alpha value is -2.38. The molecule has 0 bridgehead atoms. The molecule has 4 rings (SSSR count). The van der Waals surface area contributed by atoms with Gasteiger partial charge in [0.2, 0.25) is 0 Å². The Balaban J connectivity index is 1.89. The average Bonchev–Trinajstić information content (AvgIpc) is 3.19. The maximum atomic E-state index is 12.5. The molecule has 24 heavy (non-hydrogen) atoms. The summed E-state index contributed by atoms with van der Waals surface area (Å²) in [5, 5.41) is 3.25. The van der Waals surface area contributed by atoms with Crippen molar-refractivity contribution in [2.75, 3.05) is 16.2 Å². The first-order valence-electron chi connectivity index (χ1n) is 7.47. The molecule has 0 saturated carbocycles. The van der Waals surface area contributed by atoms with Crippen molar-refractivity contribution in [2.45, 2.75) is 11.1 Å². The minimum atomic E-state index is -3.63. The Morgan fingerprint density at radius 2 is 1.96 bits per heavy atom. The molecular formula is C17H14N2O3S2. The fourth-order valence-corrected chi connectivity index (χ4v) is 5.13. The van der Waals surface area contributed by atoms with Crippen molar-refractivity contribution in [3.8, 4) is 0 Å². The van der Waals surface area contributed by atoms with Crippen LogP contribution in [0.3, 0.4) is 0 Å². The fraction of sp³-hybridized carbons (Fsp3) is 0.118. The zero-order valence-electron chi connectivity index (χ0n) is 12.8. The summed E-state index contributed by atoms with van der Waals surface area (Å²) in [6, 6.07) is 12.2. The lowest BCUT2D eigenvalue weighted by Gasteiger charge is -2.15. The summed E-state index contributed by atoms with van der Waals surface area (Å²) in [5.74, 6) is -0.0450. The molecule has 1 N–H and O–H groups in total. The molecule has 1 aliphatic rings. The minimum absolute atomic E-state index is 0.0450. The summed E-state index contributed by atoms with van der Waals surface area (Å²) in [6.45, 7) is 2.49. The van der Waals surface area contributed by atoms with Gasteiger partial charge in [0.15, 0.2) is 0 Å². The summed E-state index contributed by atoms with van der Waals surface area (Å²) < 4.78 is 27.9. The molecule has 7 heteroatoms. The normalized spacial score (nSPS) is 13.7. The smallest absolute Gasteiger partial charge is 0.271 e. The molecule has 2 heterocycles. The highest BCUT2D eigenvalue weighted by molar-refractivity contribution is 7.94. The van der Waals surface area contributed by atoms with Gasteiger partial charge in [0.05, 0.1) is 11.4 Å². The Bertz CT molecular complexity index is 1060. The van der Waals surface area contributed by atoms with E-state index >= 15 is 0 Å². The summed E-state index contributed by atoms with van der Waals surface area (Å²) in [6.07, 6.45) is 0. The van der Waals surface area contributed by atoms with Crippen molar-refractivity contribution in [3.63, 3.8) is 0 Å². The number of hydrogen-bond donors (Lipinski definition) is 1. The van der Waals surface area contributed by atoms with Gasteiger partial charge < -0.3 is 4.90 Å². The number of thiophene rings is 1. The van der Waals surface area contributed by atoms with E-state index in [4.69, 9.17) is 0 Å². The van der Waals surface area contributed by atoms with Gasteiger partial charge in [0.25, 0.3) is 15.9 Å². The maximum absolute atomic E-state index is 12.5. The van der Waals surface area contributed by atoms with Crippen LogP contribution >= 0.6 is 11.3 Å². The van der Waals surface area contributed by atoms with Gasteiger partial charge in [-0.1, -0.05) is 18.2 Å². The first-order valence-corrected chi connectivity index (χ1v) is 9.83. The Morgan fingerprint density at radius 3 is 2.67 bits per heavy atom. The first kappa shape index (κ1) is 15.2. The Kier molecular flexibility index (Phi) is 3.36. The third-order valence-electron chi connectivity index (χ3n) is 4.11. The van der Waals surface area contributed by atoms with E-state index in [1.807, 2.05) is 13.0 Å². The highest BCUT2D eigenvalue weighted by Gasteiger charge is 2.29. The molecule has 1 amide bonds. The number of rotatable bonds is 4. The molecule has 2 aromatic carbocycles. The van der Waals surface area contributed by atoms with Crippen molar-refractivity contribution in [3.05, 3.63) is 53.4 Å². The molecule has 0 saturated heterocycles. The quantitative estimate of drug-likeness (QED) is 0.774. The number of hydrogen-bond acceptors (Lipinski definition) is 4. The minimum Gasteiger partial charge on any atom is -0.308 e. The monoisotopic (exact) mass is 358 g/mol. The van der Waals surface area contributed by atoms with E-state index in [2.05, 4.69) is 4.72 Å². The van der Waals surface area contributed by atoms with Crippen LogP contribution < -0.4 is 9.62 Å². The SMILES string of the molecule is CCN1C(=O)c2cccc3c(NS(=O)(=O)c4cccs4)ccc1c23. The third-order valence-corrected chi connectivity index (χ3v) is 6.87. The van der Waals surface area contributed by atoms with Gasteiger partial charge in [0.1, 0.15) is 4.21 Å². The van der Waals surface area contributed by atoms with Crippen LogP contribution in [0.25, 0.3) is 10.8 Å². The van der Waals surface area contributed by atoms with Crippen LogP contribution in [0, 0.1) is 0 Å². The topological polar surface area (TPSA) is 66.5 Å². The van der Waals surface area contributed by atoms with E-state index < -0.39 is 10.0 Å². The van der Waals surface area contributed by atoms with Gasteiger partial charge in [-0.15, -0.1) is 11.3 Å². The zero-order chi connectivity index (χ0) is 16.9. The zero-order valence-corrected chi connectivity index (χ0v) is 14.4. The van der Waals surface area contributed by atoms with E-state index in [0.717, 1.165) is 27.8 Å². The largest absolute Gasteiger partial charge is 0.308 e. The predicted molar refractivity (Wildman–Crippen MR) is 96.4 cm³/mol. The van der Waals surface area contributed by atoms with Crippen molar-refractivity contribution in [1.29, 1.82) is 0 Å². The van der Waals surface area contributed by atoms with Crippen molar-refractivity contribution in [1.82, 2.24) is 0 Å². The molecule has 0 atom stereocenters. The molecule has 0 fully saturated rings. The van der Waals surface area contributed by atoms with Crippen LogP contribution in [0.1, 0.15) is 17.3 Å². The van der Waals surface area contributed by atoms with Gasteiger partial charge in [0, 0.05) is 22.9 Å². The van der Waals surface area contributed by atoms with Crippen molar-refractivity contribution in [2.24, 2.45) is 0 Å². The number of carbonyl (C=O) groups excluding carboxylic acids is 1. The van der Waals surface area contributed by atoms with Crippen molar-refractivity contribution >= 4 is 49.4 Å². The van der Waals surface area contributed by atoms with Gasteiger partial charge in [-0.05, 0) is 36.6 Å². The number of carbonyl (C=O) groups is 1. The number of amides is 1. The standard InChI is InChI=1S/C17H14N2O3S2/c1-2-19-14-9-8-13(18-24(21,22)15-7-4-10-23-15)11-5-3-6-12(16(11)14)17(19)20/h3-10,18H,2H2,1H3. The summed E-state index contributed by atoms with van der Waals surface area (Å²) in [7, 11) is -3.63. The molecule has 1 aliphatic heterocycles. The lowest BCUT2D eigenvalue weighted by atomic mass is 10.0. The van der Waals surface area contributed by atoms with Crippen LogP contribution in [-0.2, 0) is 10.0 Å². The molecular weight excluding hydrogens is 344 g/mol. The van der Waals surface area contributed by atoms with Gasteiger partial charge >= 0.3 is 0 Å². The second kappa shape index (κ2) is 5.32. The second-order valence-electron chi connectivity index (χ2n) is 5.45. The molecule has 3 aromatic rings. The van der Waals surface area contributed by atoms with Crippen LogP contribution in [0.4, 0.5) is 11.4 Å². The molecule has 5 nitrogen and oxygen atoms in total. The Morgan fingerprint density at radius 1 is 1.12 bits per heavy atom. The molecule has 0 spiro atoms. The summed E-state index contributed by atoms with van der Waals surface area (Å²) in [5.41, 5.74) is 1.92. The molecule has 0 radical (unpaired) electrons. The average molecular weight is 358 g/mol. The van der Waals surface area contributed by atoms with Gasteiger partial charge in [-0.25, -0.2) is 8.42 Å². The predicted octanol–water partition coefficient (Wildman–Crippen LogP) is 3.68. The maximum Gasteiger partial charge on any atom is 0.271 e. The highest BCUT2D eigenvalue weighted by Crippen LogP contribution is 2.41. The second-order valence-corrected chi connectivity index (χ2v) is 8.30. The lowest BCUT2D eigenvalue weighted by molar-refractivity contribution is 0.0994. The van der Waals surface area contributed by atoms with Gasteiger partial charge in [-0.2, -0.15) is 0 Å². The van der Waals surface area contributed by atoms with Crippen LogP contribution in [0.15, 0.2) is 52.1 Å². The number of anilines is 2. The van der Waals surface area contributed by atoms with Crippen LogP contribution in [0.2, 0.25) is 0 Å². The molecule has 0 unspecified atom stereocenters. The lowest BCUT2D eigenvalue weighted by Crippen LogP contribution is -2.25. The van der Waals surface area contributed by atoms with Crippen molar-refractivity contribution < 1.29 is 13.2 Å². The fourth-order valence-electron chi connectivity index (χ4n) is 3.06. The third kappa shape index (κ3) is 2.12. The highest BCUT2D eigenvalue weighted by atomic mass is 32.2. The van der Waals surface area contributed by atoms with E-state index in [0.29, 0.717) is 17.8 Å². The first-order chi connectivity index (χ1) is 11.5. The Labute approximate surface area is 143 Å². The number of nitrogens with one attached hydrogen (secondary N) is 1. The van der Waals surface area contributed by atoms with E-state index in [-0.39, 0.29) is 10.1 Å². The summed E-state index contributed by atoms with van der Waals surface area (Å²) >= 11 is 1.16. The van der Waals surface area contributed by atoms with Crippen LogP contribution in [-0.4, -0.2) is 20.9 Å². The molecule has 122 valence electrons.